The van der Waals surface area contributed by atoms with Gasteiger partial charge in [0.15, 0.2) is 16.6 Å². The maximum atomic E-state index is 13.5. The van der Waals surface area contributed by atoms with Crippen molar-refractivity contribution in [2.45, 2.75) is 4.90 Å². The molecule has 0 aliphatic carbocycles. The highest BCUT2D eigenvalue weighted by Crippen LogP contribution is 2.38. The van der Waals surface area contributed by atoms with Gasteiger partial charge in [-0.15, -0.1) is 11.8 Å². The maximum Gasteiger partial charge on any atom is 0.252 e. The van der Waals surface area contributed by atoms with Gasteiger partial charge in [-0.25, -0.2) is 4.98 Å². The van der Waals surface area contributed by atoms with Crippen molar-refractivity contribution in [3.63, 3.8) is 0 Å². The Morgan fingerprint density at radius 2 is 1.86 bits per heavy atom. The number of hydrogen-bond acceptors (Lipinski definition) is 9. The second-order valence-electron chi connectivity index (χ2n) is 8.07. The standard InChI is InChI=1S/C26H31N3O5S2/c1-31-21-15-18(16-22(32-2)25(21)33-3)5-8-24(30)29(10-9-28-11-13-34-14-12-28)26-27-20-7-6-19(35-4)17-23(20)36-26/h5-8,15-17H,9-14H2,1-4H3/b8-5+. The summed E-state index contributed by atoms with van der Waals surface area (Å²) < 4.78 is 22.8. The van der Waals surface area contributed by atoms with E-state index in [9.17, 15) is 4.79 Å². The van der Waals surface area contributed by atoms with Crippen LogP contribution in [0.5, 0.6) is 17.2 Å². The molecule has 0 atom stereocenters. The Morgan fingerprint density at radius 1 is 1.14 bits per heavy atom. The summed E-state index contributed by atoms with van der Waals surface area (Å²) in [7, 11) is 4.70. The summed E-state index contributed by atoms with van der Waals surface area (Å²) in [5, 5.41) is 0.691. The van der Waals surface area contributed by atoms with Crippen molar-refractivity contribution >= 4 is 50.4 Å². The molecule has 36 heavy (non-hydrogen) atoms. The van der Waals surface area contributed by atoms with Crippen LogP contribution in [0.1, 0.15) is 5.56 Å². The zero-order valence-corrected chi connectivity index (χ0v) is 22.6. The molecule has 1 aliphatic rings. The van der Waals surface area contributed by atoms with Gasteiger partial charge in [-0.1, -0.05) is 11.3 Å². The highest BCUT2D eigenvalue weighted by Gasteiger charge is 2.21. The van der Waals surface area contributed by atoms with Gasteiger partial charge < -0.3 is 18.9 Å². The Kier molecular flexibility index (Phi) is 9.08. The Labute approximate surface area is 219 Å². The molecular formula is C26H31N3O5S2. The van der Waals surface area contributed by atoms with Crippen LogP contribution < -0.4 is 19.1 Å². The Morgan fingerprint density at radius 3 is 2.50 bits per heavy atom. The molecule has 1 amide bonds. The maximum absolute atomic E-state index is 13.5. The number of thiazole rings is 1. The largest absolute Gasteiger partial charge is 0.493 e. The molecule has 2 aromatic carbocycles. The summed E-state index contributed by atoms with van der Waals surface area (Å²) in [6, 6.07) is 9.81. The van der Waals surface area contributed by atoms with Gasteiger partial charge in [-0.2, -0.15) is 0 Å². The number of morpholine rings is 1. The number of benzene rings is 2. The van der Waals surface area contributed by atoms with Crippen molar-refractivity contribution in [1.29, 1.82) is 0 Å². The summed E-state index contributed by atoms with van der Waals surface area (Å²) in [6.07, 6.45) is 5.38. The molecule has 0 N–H and O–H groups in total. The van der Waals surface area contributed by atoms with Gasteiger partial charge in [0.2, 0.25) is 5.75 Å². The minimum Gasteiger partial charge on any atom is -0.493 e. The number of rotatable bonds is 10. The average Bonchev–Trinajstić information content (AvgIpc) is 3.34. The second kappa shape index (κ2) is 12.4. The number of anilines is 1. The van der Waals surface area contributed by atoms with Crippen LogP contribution in [0.15, 0.2) is 41.3 Å². The summed E-state index contributed by atoms with van der Waals surface area (Å²) in [5.74, 6) is 1.43. The van der Waals surface area contributed by atoms with E-state index in [0.29, 0.717) is 42.1 Å². The van der Waals surface area contributed by atoms with Gasteiger partial charge >= 0.3 is 0 Å². The number of thioether (sulfide) groups is 1. The van der Waals surface area contributed by atoms with E-state index in [0.717, 1.165) is 35.4 Å². The Balaban J connectivity index is 1.61. The molecule has 4 rings (SSSR count). The highest BCUT2D eigenvalue weighted by molar-refractivity contribution is 7.98. The summed E-state index contributed by atoms with van der Waals surface area (Å²) in [5.41, 5.74) is 1.66. The molecule has 1 fully saturated rings. The lowest BCUT2D eigenvalue weighted by atomic mass is 10.1. The topological polar surface area (TPSA) is 73.4 Å². The molecule has 8 nitrogen and oxygen atoms in total. The molecular weight excluding hydrogens is 498 g/mol. The zero-order chi connectivity index (χ0) is 25.5. The minimum absolute atomic E-state index is 0.138. The minimum atomic E-state index is -0.138. The molecule has 192 valence electrons. The van der Waals surface area contributed by atoms with Crippen LogP contribution >= 0.6 is 23.1 Å². The molecule has 0 spiro atoms. The number of aromatic nitrogens is 1. The van der Waals surface area contributed by atoms with Crippen molar-refractivity contribution in [2.24, 2.45) is 0 Å². The van der Waals surface area contributed by atoms with Crippen LogP contribution in [-0.4, -0.2) is 82.8 Å². The normalized spacial score (nSPS) is 14.3. The second-order valence-corrected chi connectivity index (χ2v) is 9.95. The number of carbonyl (C=O) groups is 1. The van der Waals surface area contributed by atoms with Crippen molar-refractivity contribution < 1.29 is 23.7 Å². The van der Waals surface area contributed by atoms with Crippen LogP contribution in [0.2, 0.25) is 0 Å². The van der Waals surface area contributed by atoms with E-state index in [1.54, 1.807) is 50.1 Å². The van der Waals surface area contributed by atoms with E-state index in [4.69, 9.17) is 23.9 Å². The Bertz CT molecular complexity index is 1200. The van der Waals surface area contributed by atoms with Crippen LogP contribution in [0.25, 0.3) is 16.3 Å². The fourth-order valence-electron chi connectivity index (χ4n) is 3.96. The van der Waals surface area contributed by atoms with Crippen molar-refractivity contribution in [2.75, 3.05) is 71.9 Å². The van der Waals surface area contributed by atoms with Crippen molar-refractivity contribution in [1.82, 2.24) is 9.88 Å². The first-order valence-corrected chi connectivity index (χ1v) is 13.6. The van der Waals surface area contributed by atoms with E-state index < -0.39 is 0 Å². The third-order valence-corrected chi connectivity index (χ3v) is 7.70. The first-order chi connectivity index (χ1) is 17.6. The molecule has 1 aliphatic heterocycles. The number of hydrogen-bond donors (Lipinski definition) is 0. The molecule has 1 saturated heterocycles. The third kappa shape index (κ3) is 6.12. The lowest BCUT2D eigenvalue weighted by Crippen LogP contribution is -2.42. The first-order valence-electron chi connectivity index (χ1n) is 11.6. The van der Waals surface area contributed by atoms with Crippen LogP contribution in [0.3, 0.4) is 0 Å². The smallest absolute Gasteiger partial charge is 0.252 e. The van der Waals surface area contributed by atoms with Crippen LogP contribution in [0.4, 0.5) is 5.13 Å². The molecule has 0 unspecified atom stereocenters. The zero-order valence-electron chi connectivity index (χ0n) is 21.0. The number of ether oxygens (including phenoxy) is 4. The summed E-state index contributed by atoms with van der Waals surface area (Å²) >= 11 is 3.23. The highest BCUT2D eigenvalue weighted by atomic mass is 32.2. The SMILES string of the molecule is COc1cc(/C=C/C(=O)N(CCN2CCOCC2)c2nc3ccc(SC)cc3s2)cc(OC)c1OC. The summed E-state index contributed by atoms with van der Waals surface area (Å²) in [4.78, 5) is 23.5. The van der Waals surface area contributed by atoms with E-state index >= 15 is 0 Å². The van der Waals surface area contributed by atoms with Crippen LogP contribution in [0, 0.1) is 0 Å². The molecule has 0 bridgehead atoms. The van der Waals surface area contributed by atoms with Crippen LogP contribution in [-0.2, 0) is 9.53 Å². The molecule has 0 radical (unpaired) electrons. The van der Waals surface area contributed by atoms with Gasteiger partial charge in [0.25, 0.3) is 5.91 Å². The quantitative estimate of drug-likeness (QED) is 0.282. The van der Waals surface area contributed by atoms with E-state index in [1.807, 2.05) is 18.2 Å². The van der Waals surface area contributed by atoms with E-state index in [-0.39, 0.29) is 5.91 Å². The number of fused-ring (bicyclic) bond motifs is 1. The first kappa shape index (κ1) is 26.3. The number of amides is 1. The average molecular weight is 530 g/mol. The monoisotopic (exact) mass is 529 g/mol. The fourth-order valence-corrected chi connectivity index (χ4v) is 5.51. The number of nitrogens with zero attached hydrogens (tertiary/aromatic N) is 3. The fraction of sp³-hybridized carbons (Fsp3) is 0.385. The van der Waals surface area contributed by atoms with Gasteiger partial charge in [0.05, 0.1) is 44.8 Å². The number of methoxy groups -OCH3 is 3. The van der Waals surface area contributed by atoms with E-state index in [2.05, 4.69) is 23.3 Å². The van der Waals surface area contributed by atoms with Gasteiger partial charge in [0, 0.05) is 37.2 Å². The predicted octanol–water partition coefficient (Wildman–Crippen LogP) is 4.42. The molecule has 2 heterocycles. The predicted molar refractivity (Wildman–Crippen MR) is 146 cm³/mol. The van der Waals surface area contributed by atoms with Gasteiger partial charge in [-0.3, -0.25) is 14.6 Å². The number of carbonyl (C=O) groups excluding carboxylic acids is 1. The third-order valence-electron chi connectivity index (χ3n) is 5.93. The van der Waals surface area contributed by atoms with Crippen molar-refractivity contribution in [3.05, 3.63) is 42.0 Å². The molecule has 0 saturated carbocycles. The van der Waals surface area contributed by atoms with Crippen molar-refractivity contribution in [3.8, 4) is 17.2 Å². The molecule has 3 aromatic rings. The lowest BCUT2D eigenvalue weighted by Gasteiger charge is -2.28. The Hall–Kier alpha value is -2.79. The molecule has 10 heteroatoms. The molecule has 1 aromatic heterocycles. The summed E-state index contributed by atoms with van der Waals surface area (Å²) in [6.45, 7) is 4.44. The lowest BCUT2D eigenvalue weighted by molar-refractivity contribution is -0.114. The van der Waals surface area contributed by atoms with E-state index in [1.165, 1.54) is 16.2 Å². The van der Waals surface area contributed by atoms with Gasteiger partial charge in [-0.05, 0) is 48.2 Å². The van der Waals surface area contributed by atoms with Gasteiger partial charge in [0.1, 0.15) is 0 Å².